The molecule has 0 bridgehead atoms. The van der Waals surface area contributed by atoms with E-state index in [2.05, 4.69) is 10.0 Å². The van der Waals surface area contributed by atoms with E-state index in [-0.39, 0.29) is 11.2 Å². The predicted molar refractivity (Wildman–Crippen MR) is 205 cm³/mol. The van der Waals surface area contributed by atoms with Crippen LogP contribution in [0.4, 0.5) is 111 Å². The van der Waals surface area contributed by atoms with Crippen LogP contribution in [0.15, 0.2) is 102 Å². The first-order valence-electron chi connectivity index (χ1n) is 18.3. The molecule has 4 nitrogen and oxygen atoms in total. The topological polar surface area (TPSA) is 58.0 Å². The van der Waals surface area contributed by atoms with Crippen LogP contribution in [-0.2, 0) is 60.6 Å². The standard InChI is InChI=1S/C32H12BF24.C8H10N3OS/c34-25(35,36)13-1-14(26(37,38)39)6-21(5-13)33(22-7-15(27(40,41)42)2-16(8-22)28(43,44)45,23-9-17(29(46,47)48)3-18(10-23)30(49,50)51)24-11-19(31(52,53)54)4-20(12-24)32(55,56)57;1-13(2)12-8-5-3-4-7(6-8)10-11-9/h1-12H;3-6H,1-2H3/q-1;+1. The molecule has 0 heterocycles. The number of benzene rings is 5. The smallest absolute Gasteiger partial charge is 0.287 e. The Hall–Kier alpha value is -6.06. The van der Waals surface area contributed by atoms with Crippen LogP contribution < -0.4 is 26.0 Å². The van der Waals surface area contributed by atoms with Crippen LogP contribution in [0, 0.1) is 0 Å². The highest BCUT2D eigenvalue weighted by atomic mass is 32.2. The van der Waals surface area contributed by atoms with E-state index < -0.39 is 195 Å². The Bertz CT molecular complexity index is 2310. The number of halogens is 24. The third-order valence-corrected chi connectivity index (χ3v) is 10.2. The van der Waals surface area contributed by atoms with Gasteiger partial charge in [-0.05, 0) is 41.9 Å². The van der Waals surface area contributed by atoms with Gasteiger partial charge in [0.2, 0.25) is 0 Å². The van der Waals surface area contributed by atoms with Crippen molar-refractivity contribution in [3.05, 3.63) is 152 Å². The number of azide groups is 1. The maximum Gasteiger partial charge on any atom is 0.416 e. The van der Waals surface area contributed by atoms with Gasteiger partial charge in [0, 0.05) is 10.6 Å². The van der Waals surface area contributed by atoms with Gasteiger partial charge < -0.3 is 0 Å². The zero-order valence-corrected chi connectivity index (χ0v) is 34.9. The Labute approximate surface area is 378 Å². The Morgan fingerprint density at radius 1 is 0.386 bits per heavy atom. The molecule has 0 aliphatic heterocycles. The summed E-state index contributed by atoms with van der Waals surface area (Å²) in [6.45, 7) is 0. The highest BCUT2D eigenvalue weighted by Gasteiger charge is 2.47. The molecular weight excluding hydrogens is 1040 g/mol. The van der Waals surface area contributed by atoms with E-state index in [9.17, 15) is 105 Å². The van der Waals surface area contributed by atoms with E-state index in [0.717, 1.165) is 5.75 Å². The van der Waals surface area contributed by atoms with E-state index >= 15 is 0 Å². The minimum absolute atomic E-state index is 0.114. The monoisotopic (exact) mass is 1060 g/mol. The summed E-state index contributed by atoms with van der Waals surface area (Å²) in [4.78, 5) is 2.70. The maximum absolute atomic E-state index is 14.2. The van der Waals surface area contributed by atoms with Gasteiger partial charge in [0.25, 0.3) is 0 Å². The summed E-state index contributed by atoms with van der Waals surface area (Å²) < 4.78 is 346. The quantitative estimate of drug-likeness (QED) is 0.0400. The lowest BCUT2D eigenvalue weighted by Gasteiger charge is -2.46. The van der Waals surface area contributed by atoms with Crippen molar-refractivity contribution in [2.24, 2.45) is 5.11 Å². The lowest BCUT2D eigenvalue weighted by Crippen LogP contribution is -2.75. The molecule has 5 aromatic carbocycles. The van der Waals surface area contributed by atoms with Gasteiger partial charge in [-0.3, -0.25) is 4.18 Å². The van der Waals surface area contributed by atoms with Gasteiger partial charge >= 0.3 is 49.4 Å². The normalized spacial score (nSPS) is 13.4. The summed E-state index contributed by atoms with van der Waals surface area (Å²) in [5, 5.41) is 3.48. The van der Waals surface area contributed by atoms with Crippen LogP contribution in [0.5, 0.6) is 5.75 Å². The summed E-state index contributed by atoms with van der Waals surface area (Å²) in [5.74, 6) is 0.734. The van der Waals surface area contributed by atoms with Crippen LogP contribution >= 0.6 is 0 Å². The Balaban J connectivity index is 0.000000707. The van der Waals surface area contributed by atoms with Crippen LogP contribution in [0.2, 0.25) is 0 Å². The molecular formula is C40H22BF24N3OS. The molecule has 380 valence electrons. The number of alkyl halides is 24. The fourth-order valence-electron chi connectivity index (χ4n) is 6.91. The molecule has 0 spiro atoms. The first-order valence-corrected chi connectivity index (χ1v) is 20.2. The number of hydrogen-bond donors (Lipinski definition) is 0. The summed E-state index contributed by atoms with van der Waals surface area (Å²) >= 11 is -0.114. The number of rotatable bonds is 7. The molecule has 30 heteroatoms. The van der Waals surface area contributed by atoms with Crippen molar-refractivity contribution in [2.75, 3.05) is 12.5 Å². The minimum atomic E-state index is -6.13. The molecule has 5 aromatic rings. The third-order valence-electron chi connectivity index (χ3n) is 9.68. The van der Waals surface area contributed by atoms with Crippen LogP contribution in [0.3, 0.4) is 0 Å². The maximum atomic E-state index is 14.2. The molecule has 0 fully saturated rings. The van der Waals surface area contributed by atoms with Crippen LogP contribution in [-0.4, -0.2) is 18.7 Å². The Morgan fingerprint density at radius 3 is 0.800 bits per heavy atom. The van der Waals surface area contributed by atoms with Gasteiger partial charge in [0.1, 0.15) is 18.7 Å². The van der Waals surface area contributed by atoms with Crippen molar-refractivity contribution in [1.82, 2.24) is 0 Å². The zero-order chi connectivity index (χ0) is 53.6. The van der Waals surface area contributed by atoms with Gasteiger partial charge in [0.05, 0.1) is 44.5 Å². The molecule has 5 rings (SSSR count). The van der Waals surface area contributed by atoms with E-state index in [1.165, 1.54) is 0 Å². The molecule has 0 radical (unpaired) electrons. The SMILES string of the molecule is C[S+](C)Oc1cccc(N=[N+]=[N-])c1.FC(F)(F)c1cc([B-](c2cc(C(F)(F)F)cc(C(F)(F)F)c2)(c2cc(C(F)(F)F)cc(C(F)(F)F)c2)c2cc(C(F)(F)F)cc(C(F)(F)F)c2)cc(C(F)(F)F)c1. The number of hydrogen-bond acceptors (Lipinski definition) is 2. The van der Waals surface area contributed by atoms with Crippen molar-refractivity contribution in [2.45, 2.75) is 49.4 Å². The molecule has 0 saturated carbocycles. The van der Waals surface area contributed by atoms with Crippen molar-refractivity contribution in [1.29, 1.82) is 0 Å². The second-order valence-corrected chi connectivity index (χ2v) is 16.4. The van der Waals surface area contributed by atoms with E-state index in [0.29, 0.717) is 5.69 Å². The highest BCUT2D eigenvalue weighted by Crippen LogP contribution is 2.41. The van der Waals surface area contributed by atoms with Crippen LogP contribution in [0.25, 0.3) is 10.4 Å². The largest absolute Gasteiger partial charge is 0.416 e. The molecule has 0 N–H and O–H groups in total. The van der Waals surface area contributed by atoms with Crippen molar-refractivity contribution >= 4 is 44.9 Å². The van der Waals surface area contributed by atoms with Crippen molar-refractivity contribution in [3.8, 4) is 5.75 Å². The average molecular weight is 1060 g/mol. The fourth-order valence-corrected chi connectivity index (χ4v) is 7.40. The fraction of sp³-hybridized carbons (Fsp3) is 0.250. The second kappa shape index (κ2) is 19.3. The van der Waals surface area contributed by atoms with Gasteiger partial charge in [-0.1, -0.05) is 65.8 Å². The summed E-state index contributed by atoms with van der Waals surface area (Å²) in [5.41, 5.74) is -21.4. The van der Waals surface area contributed by atoms with Gasteiger partial charge in [0.15, 0.2) is 16.9 Å². The molecule has 0 amide bonds. The van der Waals surface area contributed by atoms with Gasteiger partial charge in [-0.2, -0.15) is 127 Å². The van der Waals surface area contributed by atoms with E-state index in [1.54, 1.807) is 18.2 Å². The number of nitrogens with zero attached hydrogens (tertiary/aromatic N) is 3. The predicted octanol–water partition coefficient (Wildman–Crippen LogP) is 14.0. The minimum Gasteiger partial charge on any atom is -0.287 e. The molecule has 0 atom stereocenters. The summed E-state index contributed by atoms with van der Waals surface area (Å²) in [6, 6.07) is -1.73. The van der Waals surface area contributed by atoms with Crippen molar-refractivity contribution in [3.63, 3.8) is 0 Å². The molecule has 0 aromatic heterocycles. The average Bonchev–Trinajstić information content (AvgIpc) is 3.18. The second-order valence-electron chi connectivity index (χ2n) is 14.7. The zero-order valence-electron chi connectivity index (χ0n) is 34.0. The highest BCUT2D eigenvalue weighted by molar-refractivity contribution is 7.91. The first kappa shape index (κ1) is 56.5. The molecule has 0 aliphatic carbocycles. The van der Waals surface area contributed by atoms with Crippen LogP contribution in [0.1, 0.15) is 44.5 Å². The van der Waals surface area contributed by atoms with Gasteiger partial charge in [-0.15, -0.1) is 0 Å². The molecule has 0 saturated heterocycles. The lowest BCUT2D eigenvalue weighted by molar-refractivity contribution is -0.144. The van der Waals surface area contributed by atoms with E-state index in [1.807, 2.05) is 18.6 Å². The third kappa shape index (κ3) is 13.4. The Kier molecular flexibility index (Phi) is 15.6. The van der Waals surface area contributed by atoms with Gasteiger partial charge in [-0.25, -0.2) is 0 Å². The molecule has 0 aliphatic rings. The lowest BCUT2D eigenvalue weighted by atomic mass is 9.12. The molecule has 0 unspecified atom stereocenters. The first-order chi connectivity index (χ1) is 31.5. The van der Waals surface area contributed by atoms with E-state index in [4.69, 9.17) is 9.71 Å². The summed E-state index contributed by atoms with van der Waals surface area (Å²) in [6.07, 6.45) is -50.9. The summed E-state index contributed by atoms with van der Waals surface area (Å²) in [7, 11) is 0. The molecule has 70 heavy (non-hydrogen) atoms. The van der Waals surface area contributed by atoms with Crippen molar-refractivity contribution < 1.29 is 110 Å². The Morgan fingerprint density at radius 2 is 0.614 bits per heavy atom.